The summed E-state index contributed by atoms with van der Waals surface area (Å²) in [6.07, 6.45) is 0. The number of carbonyl (C=O) groups is 8. The van der Waals surface area contributed by atoms with E-state index in [1.165, 1.54) is 42.5 Å². The number of carboxylic acids is 2. The third-order valence-corrected chi connectivity index (χ3v) is 6.66. The van der Waals surface area contributed by atoms with Gasteiger partial charge in [0.1, 0.15) is 0 Å². The lowest BCUT2D eigenvalue weighted by atomic mass is 10.0. The zero-order chi connectivity index (χ0) is 40.8. The molecule has 3 amide bonds. The van der Waals surface area contributed by atoms with Crippen LogP contribution in [0.15, 0.2) is 60.7 Å². The van der Waals surface area contributed by atoms with E-state index in [0.29, 0.717) is 37.4 Å². The van der Waals surface area contributed by atoms with Gasteiger partial charge in [0.05, 0.1) is 53.2 Å². The lowest BCUT2D eigenvalue weighted by Crippen LogP contribution is -2.25. The Labute approximate surface area is 312 Å². The van der Waals surface area contributed by atoms with Crippen molar-refractivity contribution in [3.8, 4) is 0 Å². The van der Waals surface area contributed by atoms with E-state index in [0.717, 1.165) is 0 Å². The van der Waals surface area contributed by atoms with Gasteiger partial charge >= 0.3 is 29.8 Å². The summed E-state index contributed by atoms with van der Waals surface area (Å²) >= 11 is 0. The summed E-state index contributed by atoms with van der Waals surface area (Å²) in [6.45, 7) is 12.4. The van der Waals surface area contributed by atoms with E-state index in [-0.39, 0.29) is 58.4 Å². The van der Waals surface area contributed by atoms with Crippen molar-refractivity contribution in [2.24, 2.45) is 0 Å². The van der Waals surface area contributed by atoms with Crippen molar-refractivity contribution in [2.45, 2.75) is 41.5 Å². The van der Waals surface area contributed by atoms with E-state index < -0.39 is 35.8 Å². The van der Waals surface area contributed by atoms with Gasteiger partial charge in [0, 0.05) is 30.8 Å². The van der Waals surface area contributed by atoms with Gasteiger partial charge in [-0.1, -0.05) is 6.07 Å². The van der Waals surface area contributed by atoms with Crippen molar-refractivity contribution in [3.05, 3.63) is 105 Å². The van der Waals surface area contributed by atoms with Gasteiger partial charge in [0.15, 0.2) is 0 Å². The third kappa shape index (κ3) is 14.2. The minimum atomic E-state index is -1.24. The number of rotatable bonds is 14. The van der Waals surface area contributed by atoms with Crippen molar-refractivity contribution < 1.29 is 62.8 Å². The first kappa shape index (κ1) is 45.4. The predicted octanol–water partition coefficient (Wildman–Crippen LogP) is 4.24. The summed E-state index contributed by atoms with van der Waals surface area (Å²) in [5.74, 6) is -5.32. The number of hydrogen-bond acceptors (Lipinski definition) is 11. The fourth-order valence-electron chi connectivity index (χ4n) is 4.29. The fourth-order valence-corrected chi connectivity index (χ4v) is 4.29. The smallest absolute Gasteiger partial charge is 0.339 e. The molecular formula is C38H45N3O13. The molecule has 3 aromatic carbocycles. The molecule has 0 aromatic heterocycles. The number of carbonyl (C=O) groups excluding carboxylic acids is 6. The molecule has 3 aromatic rings. The number of esters is 3. The van der Waals surface area contributed by atoms with E-state index in [1.807, 2.05) is 6.92 Å². The quantitative estimate of drug-likeness (QED) is 0.115. The number of amides is 3. The molecule has 0 aliphatic rings. The molecule has 0 aliphatic heterocycles. The predicted molar refractivity (Wildman–Crippen MR) is 195 cm³/mol. The van der Waals surface area contributed by atoms with E-state index in [1.54, 1.807) is 52.8 Å². The summed E-state index contributed by atoms with van der Waals surface area (Å²) in [5.41, 5.74) is 0.699. The van der Waals surface area contributed by atoms with Crippen LogP contribution in [0.1, 0.15) is 124 Å². The minimum Gasteiger partial charge on any atom is -0.478 e. The van der Waals surface area contributed by atoms with Crippen LogP contribution >= 0.6 is 0 Å². The molecule has 0 spiro atoms. The normalized spacial score (nSPS) is 9.74. The average Bonchev–Trinajstić information content (AvgIpc) is 3.15. The highest BCUT2D eigenvalue weighted by Crippen LogP contribution is 2.15. The second kappa shape index (κ2) is 23.8. The van der Waals surface area contributed by atoms with Crippen molar-refractivity contribution in [2.75, 3.05) is 39.5 Å². The summed E-state index contributed by atoms with van der Waals surface area (Å²) in [5, 5.41) is 25.8. The highest BCUT2D eigenvalue weighted by molar-refractivity contribution is 6.07. The number of benzene rings is 3. The number of nitrogens with one attached hydrogen (secondary N) is 3. The van der Waals surface area contributed by atoms with Gasteiger partial charge in [-0.25, -0.2) is 24.0 Å². The lowest BCUT2D eigenvalue weighted by molar-refractivity contribution is 0.0510. The molecule has 16 heteroatoms. The second-order valence-corrected chi connectivity index (χ2v) is 10.5. The number of hydrogen-bond donors (Lipinski definition) is 5. The molecule has 0 aliphatic carbocycles. The molecule has 5 N–H and O–H groups in total. The molecule has 290 valence electrons. The number of ether oxygens (including phenoxy) is 3. The highest BCUT2D eigenvalue weighted by atomic mass is 16.5. The standard InChI is InChI=1S/2C13H15NO5.C12H15NO3/c1-3-14-11(15)10-7-8(13(18)19-4-2)5-6-9(10)12(16)17;1-3-14-11(15)8-5-6-9(12(16)17)10(7-8)13(18)19-4-2;1-3-13-11(14)9-6-5-7-10(8-9)12(15)16-4-2/h2*5-7H,3-4H2,1-2H3,(H,14,15)(H,16,17);5-8H,3-4H2,1-2H3,(H,13,14). The first-order valence-electron chi connectivity index (χ1n) is 16.9. The van der Waals surface area contributed by atoms with Crippen LogP contribution in [0.25, 0.3) is 0 Å². The second-order valence-electron chi connectivity index (χ2n) is 10.5. The van der Waals surface area contributed by atoms with Crippen LogP contribution in [0, 0.1) is 0 Å². The van der Waals surface area contributed by atoms with Crippen LogP contribution < -0.4 is 16.0 Å². The first-order chi connectivity index (χ1) is 25.7. The summed E-state index contributed by atoms with van der Waals surface area (Å²) in [7, 11) is 0. The fraction of sp³-hybridized carbons (Fsp3) is 0.316. The topological polar surface area (TPSA) is 241 Å². The lowest BCUT2D eigenvalue weighted by Gasteiger charge is -2.08. The molecule has 0 atom stereocenters. The third-order valence-electron chi connectivity index (χ3n) is 6.66. The van der Waals surface area contributed by atoms with E-state index in [9.17, 15) is 38.4 Å². The maximum Gasteiger partial charge on any atom is 0.339 e. The highest BCUT2D eigenvalue weighted by Gasteiger charge is 2.21. The number of aromatic carboxylic acids is 2. The van der Waals surface area contributed by atoms with Crippen LogP contribution in [0.3, 0.4) is 0 Å². The molecule has 0 radical (unpaired) electrons. The van der Waals surface area contributed by atoms with E-state index >= 15 is 0 Å². The molecule has 0 heterocycles. The van der Waals surface area contributed by atoms with Gasteiger partial charge in [-0.15, -0.1) is 0 Å². The monoisotopic (exact) mass is 751 g/mol. The molecule has 0 saturated carbocycles. The largest absolute Gasteiger partial charge is 0.478 e. The zero-order valence-electron chi connectivity index (χ0n) is 30.9. The van der Waals surface area contributed by atoms with Crippen molar-refractivity contribution in [1.82, 2.24) is 16.0 Å². The molecule has 3 rings (SSSR count). The van der Waals surface area contributed by atoms with Gasteiger partial charge in [0.25, 0.3) is 17.7 Å². The Kier molecular flexibility index (Phi) is 20.0. The van der Waals surface area contributed by atoms with Gasteiger partial charge in [-0.2, -0.15) is 0 Å². The molecule has 0 bridgehead atoms. The molecule has 16 nitrogen and oxygen atoms in total. The van der Waals surface area contributed by atoms with E-state index in [2.05, 4.69) is 16.0 Å². The van der Waals surface area contributed by atoms with Crippen LogP contribution in [-0.4, -0.2) is 97.2 Å². The Balaban J connectivity index is 0.000000407. The molecule has 0 unspecified atom stereocenters. The Morgan fingerprint density at radius 3 is 1.28 bits per heavy atom. The van der Waals surface area contributed by atoms with Crippen LogP contribution in [0.4, 0.5) is 0 Å². The van der Waals surface area contributed by atoms with Crippen molar-refractivity contribution >= 4 is 47.6 Å². The van der Waals surface area contributed by atoms with Crippen LogP contribution in [0.2, 0.25) is 0 Å². The molecule has 54 heavy (non-hydrogen) atoms. The SMILES string of the molecule is CCNC(=O)c1cc(C(=O)OCC)ccc1C(=O)O.CCNC(=O)c1ccc(C(=O)O)c(C(=O)OCC)c1.CCNC(=O)c1cccc(C(=O)OCC)c1. The van der Waals surface area contributed by atoms with Gasteiger partial charge < -0.3 is 40.4 Å². The van der Waals surface area contributed by atoms with Crippen LogP contribution in [-0.2, 0) is 14.2 Å². The first-order valence-corrected chi connectivity index (χ1v) is 16.9. The van der Waals surface area contributed by atoms with E-state index in [4.69, 9.17) is 24.4 Å². The molecule has 0 saturated heterocycles. The Hall–Kier alpha value is -6.58. The Morgan fingerprint density at radius 2 is 0.815 bits per heavy atom. The maximum atomic E-state index is 11.8. The van der Waals surface area contributed by atoms with Crippen LogP contribution in [0.5, 0.6) is 0 Å². The molecular weight excluding hydrogens is 706 g/mol. The van der Waals surface area contributed by atoms with Gasteiger partial charge in [-0.3, -0.25) is 14.4 Å². The average molecular weight is 752 g/mol. The van der Waals surface area contributed by atoms with Crippen molar-refractivity contribution in [1.29, 1.82) is 0 Å². The Bertz CT molecular complexity index is 1690. The van der Waals surface area contributed by atoms with Gasteiger partial charge in [0.2, 0.25) is 0 Å². The minimum absolute atomic E-state index is 0.0556. The number of carboxylic acid groups (broad SMARTS) is 2. The molecule has 0 fully saturated rings. The summed E-state index contributed by atoms with van der Waals surface area (Å²) in [4.78, 5) is 91.7. The zero-order valence-corrected chi connectivity index (χ0v) is 30.9. The Morgan fingerprint density at radius 1 is 0.444 bits per heavy atom. The van der Waals surface area contributed by atoms with Crippen molar-refractivity contribution in [3.63, 3.8) is 0 Å². The maximum absolute atomic E-state index is 11.8. The summed E-state index contributed by atoms with van der Waals surface area (Å²) < 4.78 is 14.4. The van der Waals surface area contributed by atoms with Gasteiger partial charge in [-0.05, 0) is 96.1 Å². The summed E-state index contributed by atoms with van der Waals surface area (Å²) in [6, 6.07) is 14.1.